The van der Waals surface area contributed by atoms with Gasteiger partial charge in [-0.1, -0.05) is 12.1 Å². The lowest BCUT2D eigenvalue weighted by atomic mass is 10.1. The second kappa shape index (κ2) is 9.32. The van der Waals surface area contributed by atoms with Gasteiger partial charge in [0.05, 0.1) is 18.8 Å². The molecule has 0 aromatic heterocycles. The zero-order valence-corrected chi connectivity index (χ0v) is 17.1. The topological polar surface area (TPSA) is 89.1 Å². The number of benzene rings is 2. The summed E-state index contributed by atoms with van der Waals surface area (Å²) in [5.41, 5.74) is 1.33. The van der Waals surface area contributed by atoms with Crippen LogP contribution < -0.4 is 20.1 Å². The van der Waals surface area contributed by atoms with E-state index in [0.29, 0.717) is 50.1 Å². The van der Waals surface area contributed by atoms with E-state index in [-0.39, 0.29) is 11.9 Å². The highest BCUT2D eigenvalue weighted by molar-refractivity contribution is 6.02. The van der Waals surface area contributed by atoms with Gasteiger partial charge in [-0.25, -0.2) is 9.18 Å². The van der Waals surface area contributed by atoms with Gasteiger partial charge >= 0.3 is 6.03 Å². The highest BCUT2D eigenvalue weighted by atomic mass is 19.1. The molecule has 0 saturated carbocycles. The average Bonchev–Trinajstić information content (AvgIpc) is 2.79. The Hall–Kier alpha value is -3.17. The molecule has 2 aliphatic heterocycles. The second-order valence-electron chi connectivity index (χ2n) is 7.38. The molecule has 8 nitrogen and oxygen atoms in total. The van der Waals surface area contributed by atoms with Gasteiger partial charge in [-0.2, -0.15) is 0 Å². The Morgan fingerprint density at radius 1 is 1.06 bits per heavy atom. The third-order valence-corrected chi connectivity index (χ3v) is 5.30. The van der Waals surface area contributed by atoms with Crippen LogP contribution in [0.1, 0.15) is 18.6 Å². The highest BCUT2D eigenvalue weighted by Gasteiger charge is 2.29. The number of urea groups is 1. The molecule has 2 unspecified atom stereocenters. The van der Waals surface area contributed by atoms with E-state index in [0.717, 1.165) is 5.56 Å². The van der Waals surface area contributed by atoms with Crippen LogP contribution in [0.2, 0.25) is 0 Å². The first-order valence-corrected chi connectivity index (χ1v) is 10.1. The van der Waals surface area contributed by atoms with Gasteiger partial charge in [-0.15, -0.1) is 0 Å². The Morgan fingerprint density at radius 3 is 2.58 bits per heavy atom. The summed E-state index contributed by atoms with van der Waals surface area (Å²) in [5.74, 6) is 0.428. The Labute approximate surface area is 179 Å². The predicted octanol–water partition coefficient (Wildman–Crippen LogP) is 2.71. The Kier molecular flexibility index (Phi) is 6.34. The summed E-state index contributed by atoms with van der Waals surface area (Å²) in [6.07, 6.45) is -0.267. The van der Waals surface area contributed by atoms with Gasteiger partial charge in [0.15, 0.2) is 11.5 Å². The fourth-order valence-electron chi connectivity index (χ4n) is 3.57. The van der Waals surface area contributed by atoms with E-state index in [1.54, 1.807) is 37.3 Å². The van der Waals surface area contributed by atoms with Crippen molar-refractivity contribution in [2.24, 2.45) is 0 Å². The largest absolute Gasteiger partial charge is 0.486 e. The summed E-state index contributed by atoms with van der Waals surface area (Å²) >= 11 is 0. The molecule has 1 fully saturated rings. The molecule has 2 heterocycles. The van der Waals surface area contributed by atoms with E-state index in [1.807, 2.05) is 4.90 Å². The molecule has 31 heavy (non-hydrogen) atoms. The molecule has 9 heteroatoms. The number of hydrogen-bond donors (Lipinski definition) is 2. The summed E-state index contributed by atoms with van der Waals surface area (Å²) in [5, 5.41) is 5.01. The summed E-state index contributed by atoms with van der Waals surface area (Å²) in [4.78, 5) is 26.9. The summed E-state index contributed by atoms with van der Waals surface area (Å²) in [6, 6.07) is 9.98. The molecule has 2 aliphatic rings. The number of hydrogen-bond acceptors (Lipinski definition) is 6. The maximum Gasteiger partial charge on any atom is 0.325 e. The van der Waals surface area contributed by atoms with Gasteiger partial charge in [0.25, 0.3) is 0 Å². The van der Waals surface area contributed by atoms with E-state index >= 15 is 0 Å². The minimum atomic E-state index is -0.628. The van der Waals surface area contributed by atoms with E-state index < -0.39 is 18.0 Å². The van der Waals surface area contributed by atoms with Crippen LogP contribution in [0.3, 0.4) is 0 Å². The molecule has 164 valence electrons. The van der Waals surface area contributed by atoms with Crippen LogP contribution in [0.5, 0.6) is 11.5 Å². The van der Waals surface area contributed by atoms with Crippen molar-refractivity contribution in [3.05, 3.63) is 53.8 Å². The van der Waals surface area contributed by atoms with Gasteiger partial charge in [0, 0.05) is 24.8 Å². The minimum absolute atomic E-state index is 0.267. The zero-order valence-electron chi connectivity index (χ0n) is 17.1. The standard InChI is InChI=1S/C22H24FN3O5/c1-14(26-8-9-29-20(13-26)15-2-4-16(23)5-3-15)21(27)25-22(28)24-17-6-7-18-19(12-17)31-11-10-30-18/h2-7,12,14,20H,8-11,13H2,1H3,(H2,24,25,27,28). The quantitative estimate of drug-likeness (QED) is 0.777. The van der Waals surface area contributed by atoms with Crippen LogP contribution in [0.15, 0.2) is 42.5 Å². The van der Waals surface area contributed by atoms with Crippen LogP contribution in [0.4, 0.5) is 14.9 Å². The lowest BCUT2D eigenvalue weighted by molar-refractivity contribution is -0.128. The fraction of sp³-hybridized carbons (Fsp3) is 0.364. The number of ether oxygens (including phenoxy) is 3. The maximum absolute atomic E-state index is 13.2. The summed E-state index contributed by atoms with van der Waals surface area (Å²) < 4.78 is 29.9. The van der Waals surface area contributed by atoms with E-state index in [9.17, 15) is 14.0 Å². The van der Waals surface area contributed by atoms with E-state index in [4.69, 9.17) is 14.2 Å². The number of rotatable bonds is 4. The van der Waals surface area contributed by atoms with Gasteiger partial charge in [0.1, 0.15) is 19.0 Å². The third-order valence-electron chi connectivity index (χ3n) is 5.30. The van der Waals surface area contributed by atoms with Crippen LogP contribution in [-0.2, 0) is 9.53 Å². The number of nitrogens with one attached hydrogen (secondary N) is 2. The lowest BCUT2D eigenvalue weighted by Gasteiger charge is -2.36. The number of anilines is 1. The molecular formula is C22H24FN3O5. The first kappa shape index (κ1) is 21.1. The van der Waals surface area contributed by atoms with Crippen molar-refractivity contribution in [3.63, 3.8) is 0 Å². The van der Waals surface area contributed by atoms with Crippen LogP contribution >= 0.6 is 0 Å². The van der Waals surface area contributed by atoms with E-state index in [1.165, 1.54) is 12.1 Å². The fourth-order valence-corrected chi connectivity index (χ4v) is 3.57. The average molecular weight is 429 g/mol. The molecule has 0 bridgehead atoms. The molecule has 2 aromatic rings. The normalized spacial score (nSPS) is 19.4. The van der Waals surface area contributed by atoms with Crippen molar-refractivity contribution in [2.75, 3.05) is 38.2 Å². The minimum Gasteiger partial charge on any atom is -0.486 e. The molecule has 0 aliphatic carbocycles. The number of halogens is 1. The molecule has 2 N–H and O–H groups in total. The number of morpholine rings is 1. The van der Waals surface area contributed by atoms with Gasteiger partial charge in [0.2, 0.25) is 5.91 Å². The first-order chi connectivity index (χ1) is 15.0. The number of imide groups is 1. The number of fused-ring (bicyclic) bond motifs is 1. The monoisotopic (exact) mass is 429 g/mol. The molecule has 1 saturated heterocycles. The van der Waals surface area contributed by atoms with Crippen LogP contribution in [-0.4, -0.2) is 55.8 Å². The highest BCUT2D eigenvalue weighted by Crippen LogP contribution is 2.32. The van der Waals surface area contributed by atoms with Crippen molar-refractivity contribution in [2.45, 2.75) is 19.1 Å². The molecule has 3 amide bonds. The second-order valence-corrected chi connectivity index (χ2v) is 7.38. The van der Waals surface area contributed by atoms with Gasteiger partial charge in [-0.05, 0) is 36.8 Å². The lowest BCUT2D eigenvalue weighted by Crippen LogP contribution is -2.52. The van der Waals surface area contributed by atoms with Gasteiger partial charge in [-0.3, -0.25) is 15.0 Å². The van der Waals surface area contributed by atoms with Gasteiger partial charge < -0.3 is 19.5 Å². The SMILES string of the molecule is CC(C(=O)NC(=O)Nc1ccc2c(c1)OCCO2)N1CCOC(c2ccc(F)cc2)C1. The Morgan fingerprint density at radius 2 is 1.81 bits per heavy atom. The predicted molar refractivity (Wildman–Crippen MR) is 111 cm³/mol. The van der Waals surface area contributed by atoms with Crippen LogP contribution in [0.25, 0.3) is 0 Å². The molecular weight excluding hydrogens is 405 g/mol. The van der Waals surface area contributed by atoms with Crippen molar-refractivity contribution < 1.29 is 28.2 Å². The summed E-state index contributed by atoms with van der Waals surface area (Å²) in [7, 11) is 0. The smallest absolute Gasteiger partial charge is 0.325 e. The molecule has 2 atom stereocenters. The van der Waals surface area contributed by atoms with Crippen molar-refractivity contribution in [1.29, 1.82) is 0 Å². The first-order valence-electron chi connectivity index (χ1n) is 10.1. The third kappa shape index (κ3) is 5.12. The molecule has 0 radical (unpaired) electrons. The molecule has 4 rings (SSSR count). The van der Waals surface area contributed by atoms with Crippen molar-refractivity contribution >= 4 is 17.6 Å². The van der Waals surface area contributed by atoms with Crippen molar-refractivity contribution in [1.82, 2.24) is 10.2 Å². The Balaban J connectivity index is 1.32. The van der Waals surface area contributed by atoms with Crippen molar-refractivity contribution in [3.8, 4) is 11.5 Å². The number of nitrogens with zero attached hydrogens (tertiary/aromatic N) is 1. The molecule has 0 spiro atoms. The Bertz CT molecular complexity index is 953. The number of amides is 3. The van der Waals surface area contributed by atoms with Crippen LogP contribution in [0, 0.1) is 5.82 Å². The zero-order chi connectivity index (χ0) is 21.8. The number of carbonyl (C=O) groups excluding carboxylic acids is 2. The summed E-state index contributed by atoms with van der Waals surface area (Å²) in [6.45, 7) is 4.11. The van der Waals surface area contributed by atoms with E-state index in [2.05, 4.69) is 10.6 Å². The maximum atomic E-state index is 13.2. The molecule has 2 aromatic carbocycles. The number of carbonyl (C=O) groups is 2.